The first-order chi connectivity index (χ1) is 9.75. The van der Waals surface area contributed by atoms with Gasteiger partial charge in [0.1, 0.15) is 5.52 Å². The maximum atomic E-state index is 11.1. The van der Waals surface area contributed by atoms with Crippen molar-refractivity contribution in [3.8, 4) is 0 Å². The highest BCUT2D eigenvalue weighted by Gasteiger charge is 2.18. The number of hydrogen-bond acceptors (Lipinski definition) is 5. The molecule has 6 heteroatoms. The number of non-ortho nitro benzene ring substituents is 1. The first kappa shape index (κ1) is 13.2. The van der Waals surface area contributed by atoms with Crippen LogP contribution < -0.4 is 5.32 Å². The topological polar surface area (TPSA) is 68.1 Å². The van der Waals surface area contributed by atoms with Gasteiger partial charge < -0.3 is 5.32 Å². The van der Waals surface area contributed by atoms with Crippen molar-refractivity contribution in [2.45, 2.75) is 18.9 Å². The van der Waals surface area contributed by atoms with Crippen molar-refractivity contribution in [3.63, 3.8) is 0 Å². The largest absolute Gasteiger partial charge is 0.382 e. The molecule has 1 saturated heterocycles. The quantitative estimate of drug-likeness (QED) is 0.692. The summed E-state index contributed by atoms with van der Waals surface area (Å²) >= 11 is 1.98. The van der Waals surface area contributed by atoms with Crippen LogP contribution in [-0.4, -0.2) is 27.5 Å². The van der Waals surface area contributed by atoms with Gasteiger partial charge in [0.15, 0.2) is 0 Å². The Balaban J connectivity index is 1.99. The Morgan fingerprint density at radius 3 is 2.85 bits per heavy atom. The van der Waals surface area contributed by atoms with Crippen molar-refractivity contribution >= 4 is 34.0 Å². The van der Waals surface area contributed by atoms with E-state index in [0.717, 1.165) is 23.9 Å². The molecule has 0 radical (unpaired) electrons. The second kappa shape index (κ2) is 5.66. The van der Waals surface area contributed by atoms with Gasteiger partial charge in [0.2, 0.25) is 0 Å². The third-order valence-electron chi connectivity index (χ3n) is 3.53. The van der Waals surface area contributed by atoms with Crippen LogP contribution in [0.4, 0.5) is 11.4 Å². The van der Waals surface area contributed by atoms with Crippen LogP contribution in [0.15, 0.2) is 30.5 Å². The van der Waals surface area contributed by atoms with Crippen LogP contribution in [0.5, 0.6) is 0 Å². The van der Waals surface area contributed by atoms with E-state index in [1.165, 1.54) is 17.6 Å². The summed E-state index contributed by atoms with van der Waals surface area (Å²) in [5.74, 6) is 2.33. The molecule has 104 valence electrons. The molecule has 1 aromatic heterocycles. The molecule has 0 spiro atoms. The highest BCUT2D eigenvalue weighted by atomic mass is 32.2. The number of aromatic nitrogens is 1. The highest BCUT2D eigenvalue weighted by molar-refractivity contribution is 7.99. The van der Waals surface area contributed by atoms with Crippen LogP contribution in [0, 0.1) is 10.1 Å². The molecular weight excluding hydrogens is 274 g/mol. The Kier molecular flexibility index (Phi) is 3.73. The van der Waals surface area contributed by atoms with Crippen LogP contribution in [0.2, 0.25) is 0 Å². The third kappa shape index (κ3) is 2.56. The van der Waals surface area contributed by atoms with Crippen LogP contribution >= 0.6 is 11.8 Å². The normalized spacial score (nSPS) is 16.2. The van der Waals surface area contributed by atoms with E-state index in [1.54, 1.807) is 12.3 Å². The molecule has 20 heavy (non-hydrogen) atoms. The minimum absolute atomic E-state index is 0.0605. The SMILES string of the molecule is O=[N+]([O-])c1ccc(NC2CCSCC2)c2cccnc12. The van der Waals surface area contributed by atoms with Gasteiger partial charge in [0.25, 0.3) is 5.69 Å². The molecule has 1 aromatic carbocycles. The molecule has 1 fully saturated rings. The summed E-state index contributed by atoms with van der Waals surface area (Å²) in [5, 5.41) is 15.4. The van der Waals surface area contributed by atoms with Crippen molar-refractivity contribution in [2.75, 3.05) is 16.8 Å². The summed E-state index contributed by atoms with van der Waals surface area (Å²) in [7, 11) is 0. The van der Waals surface area contributed by atoms with Crippen molar-refractivity contribution in [3.05, 3.63) is 40.6 Å². The molecule has 0 bridgehead atoms. The molecular formula is C14H15N3O2S. The first-order valence-electron chi connectivity index (χ1n) is 6.62. The van der Waals surface area contributed by atoms with E-state index in [4.69, 9.17) is 0 Å². The van der Waals surface area contributed by atoms with Gasteiger partial charge in [0.05, 0.1) is 4.92 Å². The zero-order valence-electron chi connectivity index (χ0n) is 10.9. The lowest BCUT2D eigenvalue weighted by Gasteiger charge is -2.24. The number of anilines is 1. The zero-order chi connectivity index (χ0) is 13.9. The van der Waals surface area contributed by atoms with Gasteiger partial charge in [0, 0.05) is 29.4 Å². The van der Waals surface area contributed by atoms with E-state index in [1.807, 2.05) is 23.9 Å². The molecule has 3 rings (SSSR count). The Morgan fingerprint density at radius 1 is 1.30 bits per heavy atom. The zero-order valence-corrected chi connectivity index (χ0v) is 11.7. The maximum Gasteiger partial charge on any atom is 0.295 e. The summed E-state index contributed by atoms with van der Waals surface area (Å²) in [5.41, 5.74) is 1.45. The van der Waals surface area contributed by atoms with Crippen LogP contribution in [-0.2, 0) is 0 Å². The molecule has 0 atom stereocenters. The summed E-state index contributed by atoms with van der Waals surface area (Å²) in [6.07, 6.45) is 3.85. The smallest absolute Gasteiger partial charge is 0.295 e. The highest BCUT2D eigenvalue weighted by Crippen LogP contribution is 2.31. The summed E-state index contributed by atoms with van der Waals surface area (Å²) in [6.45, 7) is 0. The number of thioether (sulfide) groups is 1. The number of fused-ring (bicyclic) bond motifs is 1. The van der Waals surface area contributed by atoms with E-state index < -0.39 is 0 Å². The Hall–Kier alpha value is -1.82. The number of benzene rings is 1. The summed E-state index contributed by atoms with van der Waals surface area (Å²) < 4.78 is 0. The number of hydrogen-bond donors (Lipinski definition) is 1. The van der Waals surface area contributed by atoms with Gasteiger partial charge in [-0.15, -0.1) is 0 Å². The summed E-state index contributed by atoms with van der Waals surface area (Å²) in [6, 6.07) is 7.48. The van der Waals surface area contributed by atoms with Crippen molar-refractivity contribution in [2.24, 2.45) is 0 Å². The van der Waals surface area contributed by atoms with Gasteiger partial charge in [-0.3, -0.25) is 10.1 Å². The standard InChI is InChI=1S/C14H15N3O2S/c18-17(19)13-4-3-12(11-2-1-7-15-14(11)13)16-10-5-8-20-9-6-10/h1-4,7,10,16H,5-6,8-9H2. The average molecular weight is 289 g/mol. The van der Waals surface area contributed by atoms with Gasteiger partial charge in [-0.1, -0.05) is 0 Å². The van der Waals surface area contributed by atoms with E-state index in [9.17, 15) is 10.1 Å². The van der Waals surface area contributed by atoms with E-state index >= 15 is 0 Å². The molecule has 0 unspecified atom stereocenters. The summed E-state index contributed by atoms with van der Waals surface area (Å²) in [4.78, 5) is 14.9. The van der Waals surface area contributed by atoms with Crippen molar-refractivity contribution < 1.29 is 4.92 Å². The van der Waals surface area contributed by atoms with E-state index in [2.05, 4.69) is 10.3 Å². The van der Waals surface area contributed by atoms with Crippen molar-refractivity contribution in [1.82, 2.24) is 4.98 Å². The number of pyridine rings is 1. The molecule has 5 nitrogen and oxygen atoms in total. The minimum Gasteiger partial charge on any atom is -0.382 e. The lowest BCUT2D eigenvalue weighted by Crippen LogP contribution is -2.24. The van der Waals surface area contributed by atoms with Crippen LogP contribution in [0.1, 0.15) is 12.8 Å². The monoisotopic (exact) mass is 289 g/mol. The molecule has 2 heterocycles. The minimum atomic E-state index is -0.379. The lowest BCUT2D eigenvalue weighted by molar-refractivity contribution is -0.383. The van der Waals surface area contributed by atoms with Crippen LogP contribution in [0.25, 0.3) is 10.9 Å². The molecule has 1 aliphatic rings. The molecule has 0 amide bonds. The van der Waals surface area contributed by atoms with Crippen LogP contribution in [0.3, 0.4) is 0 Å². The molecule has 0 aliphatic carbocycles. The first-order valence-corrected chi connectivity index (χ1v) is 7.77. The molecule has 2 aromatic rings. The van der Waals surface area contributed by atoms with Gasteiger partial charge in [-0.05, 0) is 42.5 Å². The fraction of sp³-hybridized carbons (Fsp3) is 0.357. The third-order valence-corrected chi connectivity index (χ3v) is 4.57. The average Bonchev–Trinajstić information content (AvgIpc) is 2.48. The molecule has 1 aliphatic heterocycles. The number of nitro groups is 1. The predicted octanol–water partition coefficient (Wildman–Crippen LogP) is 3.45. The fourth-order valence-electron chi connectivity index (χ4n) is 2.49. The van der Waals surface area contributed by atoms with Gasteiger partial charge >= 0.3 is 0 Å². The fourth-order valence-corrected chi connectivity index (χ4v) is 3.60. The van der Waals surface area contributed by atoms with Crippen molar-refractivity contribution in [1.29, 1.82) is 0 Å². The molecule has 0 saturated carbocycles. The number of nitrogens with zero attached hydrogens (tertiary/aromatic N) is 2. The molecule has 1 N–H and O–H groups in total. The Morgan fingerprint density at radius 2 is 2.10 bits per heavy atom. The Bertz CT molecular complexity index is 641. The second-order valence-electron chi connectivity index (χ2n) is 4.82. The van der Waals surface area contributed by atoms with Gasteiger partial charge in [-0.2, -0.15) is 11.8 Å². The number of rotatable bonds is 3. The number of nitro benzene ring substituents is 1. The second-order valence-corrected chi connectivity index (χ2v) is 6.04. The lowest BCUT2D eigenvalue weighted by atomic mass is 10.1. The maximum absolute atomic E-state index is 11.1. The Labute approximate surface area is 120 Å². The van der Waals surface area contributed by atoms with Gasteiger partial charge in [-0.25, -0.2) is 4.98 Å². The number of nitrogens with one attached hydrogen (secondary N) is 1. The van der Waals surface area contributed by atoms with E-state index in [0.29, 0.717) is 11.6 Å². The van der Waals surface area contributed by atoms with E-state index in [-0.39, 0.29) is 10.6 Å². The predicted molar refractivity (Wildman–Crippen MR) is 82.4 cm³/mol.